The number of nitrogen functional groups attached to an aromatic ring is 1. The molecular weight excluding hydrogens is 230 g/mol. The predicted molar refractivity (Wildman–Crippen MR) is 69.3 cm³/mol. The van der Waals surface area contributed by atoms with E-state index in [2.05, 4.69) is 20.3 Å². The quantitative estimate of drug-likeness (QED) is 0.846. The molecule has 6 nitrogen and oxygen atoms in total. The maximum Gasteiger partial charge on any atom is 0.221 e. The van der Waals surface area contributed by atoms with Crippen LogP contribution in [-0.4, -0.2) is 22.1 Å². The summed E-state index contributed by atoms with van der Waals surface area (Å²) < 4.78 is 5.00. The summed E-state index contributed by atoms with van der Waals surface area (Å²) in [6.45, 7) is 2.54. The van der Waals surface area contributed by atoms with Gasteiger partial charge in [-0.1, -0.05) is 6.07 Å². The van der Waals surface area contributed by atoms with Crippen molar-refractivity contribution in [2.45, 2.75) is 13.5 Å². The second-order valence-electron chi connectivity index (χ2n) is 3.82. The van der Waals surface area contributed by atoms with Crippen LogP contribution in [0, 0.1) is 6.92 Å². The second-order valence-corrected chi connectivity index (χ2v) is 3.82. The summed E-state index contributed by atoms with van der Waals surface area (Å²) >= 11 is 0. The van der Waals surface area contributed by atoms with Crippen LogP contribution in [0.1, 0.15) is 11.1 Å². The highest BCUT2D eigenvalue weighted by Crippen LogP contribution is 2.13. The van der Waals surface area contributed by atoms with Crippen LogP contribution in [0.4, 0.5) is 11.8 Å². The summed E-state index contributed by atoms with van der Waals surface area (Å²) in [5.41, 5.74) is 7.53. The average Bonchev–Trinajstić information content (AvgIpc) is 2.40. The number of hydrogen-bond donors (Lipinski definition) is 2. The monoisotopic (exact) mass is 245 g/mol. The van der Waals surface area contributed by atoms with Crippen LogP contribution in [0.15, 0.2) is 24.5 Å². The van der Waals surface area contributed by atoms with Gasteiger partial charge in [-0.25, -0.2) is 9.97 Å². The Morgan fingerprint density at radius 2 is 2.11 bits per heavy atom. The van der Waals surface area contributed by atoms with Crippen LogP contribution in [0.3, 0.4) is 0 Å². The highest BCUT2D eigenvalue weighted by atomic mass is 16.5. The van der Waals surface area contributed by atoms with Crippen molar-refractivity contribution in [3.05, 3.63) is 35.7 Å². The van der Waals surface area contributed by atoms with Crippen molar-refractivity contribution < 1.29 is 4.74 Å². The SMILES string of the molecule is COc1ccc(CNc2nc(N)ncc2C)cn1. The van der Waals surface area contributed by atoms with E-state index in [1.807, 2.05) is 19.1 Å². The second kappa shape index (κ2) is 5.31. The van der Waals surface area contributed by atoms with Crippen molar-refractivity contribution in [1.29, 1.82) is 0 Å². The Hall–Kier alpha value is -2.37. The van der Waals surface area contributed by atoms with Gasteiger partial charge in [-0.05, 0) is 12.5 Å². The van der Waals surface area contributed by atoms with Crippen LogP contribution in [0.2, 0.25) is 0 Å². The molecule has 2 rings (SSSR count). The van der Waals surface area contributed by atoms with Crippen molar-refractivity contribution in [2.24, 2.45) is 0 Å². The van der Waals surface area contributed by atoms with Gasteiger partial charge in [-0.15, -0.1) is 0 Å². The predicted octanol–water partition coefficient (Wildman–Crippen LogP) is 1.38. The van der Waals surface area contributed by atoms with Crippen LogP contribution in [0.25, 0.3) is 0 Å². The molecule has 6 heteroatoms. The van der Waals surface area contributed by atoms with E-state index in [1.165, 1.54) is 0 Å². The maximum atomic E-state index is 5.54. The minimum Gasteiger partial charge on any atom is -0.481 e. The van der Waals surface area contributed by atoms with E-state index >= 15 is 0 Å². The summed E-state index contributed by atoms with van der Waals surface area (Å²) in [6.07, 6.45) is 3.45. The number of nitrogens with zero attached hydrogens (tertiary/aromatic N) is 3. The molecule has 94 valence electrons. The van der Waals surface area contributed by atoms with Gasteiger partial charge in [-0.2, -0.15) is 4.98 Å². The molecule has 0 aromatic carbocycles. The standard InChI is InChI=1S/C12H15N5O/c1-8-5-16-12(13)17-11(8)15-7-9-3-4-10(18-2)14-6-9/h3-6H,7H2,1-2H3,(H3,13,15,16,17). The number of anilines is 2. The molecule has 2 heterocycles. The minimum absolute atomic E-state index is 0.260. The number of nitrogens with one attached hydrogen (secondary N) is 1. The molecule has 0 aliphatic carbocycles. The summed E-state index contributed by atoms with van der Waals surface area (Å²) in [5, 5.41) is 3.20. The Bertz CT molecular complexity index is 526. The van der Waals surface area contributed by atoms with Gasteiger partial charge in [0.15, 0.2) is 0 Å². The molecule has 2 aromatic heterocycles. The lowest BCUT2D eigenvalue weighted by Crippen LogP contribution is -2.06. The van der Waals surface area contributed by atoms with Gasteiger partial charge in [-0.3, -0.25) is 0 Å². The number of ether oxygens (including phenoxy) is 1. The molecule has 2 aromatic rings. The molecule has 0 atom stereocenters. The van der Waals surface area contributed by atoms with Crippen LogP contribution in [0.5, 0.6) is 5.88 Å². The number of hydrogen-bond acceptors (Lipinski definition) is 6. The fourth-order valence-corrected chi connectivity index (χ4v) is 1.46. The maximum absolute atomic E-state index is 5.54. The number of pyridine rings is 1. The lowest BCUT2D eigenvalue weighted by Gasteiger charge is -2.08. The zero-order valence-electron chi connectivity index (χ0n) is 10.3. The van der Waals surface area contributed by atoms with E-state index in [4.69, 9.17) is 10.5 Å². The summed E-state index contributed by atoms with van der Waals surface area (Å²) in [4.78, 5) is 12.2. The number of aromatic nitrogens is 3. The molecule has 0 fully saturated rings. The zero-order valence-corrected chi connectivity index (χ0v) is 10.3. The van der Waals surface area contributed by atoms with Gasteiger partial charge >= 0.3 is 0 Å². The van der Waals surface area contributed by atoms with Crippen molar-refractivity contribution in [3.63, 3.8) is 0 Å². The van der Waals surface area contributed by atoms with E-state index in [-0.39, 0.29) is 5.95 Å². The molecule has 0 saturated heterocycles. The van der Waals surface area contributed by atoms with Crippen molar-refractivity contribution in [3.8, 4) is 5.88 Å². The Balaban J connectivity index is 2.04. The van der Waals surface area contributed by atoms with E-state index in [1.54, 1.807) is 19.5 Å². The fourth-order valence-electron chi connectivity index (χ4n) is 1.46. The number of rotatable bonds is 4. The van der Waals surface area contributed by atoms with Gasteiger partial charge in [0.2, 0.25) is 11.8 Å². The van der Waals surface area contributed by atoms with Crippen LogP contribution < -0.4 is 15.8 Å². The van der Waals surface area contributed by atoms with Gasteiger partial charge in [0.25, 0.3) is 0 Å². The molecule has 0 unspecified atom stereocenters. The highest BCUT2D eigenvalue weighted by Gasteiger charge is 2.02. The van der Waals surface area contributed by atoms with Crippen molar-refractivity contribution in [2.75, 3.05) is 18.2 Å². The highest BCUT2D eigenvalue weighted by molar-refractivity contribution is 5.45. The lowest BCUT2D eigenvalue weighted by molar-refractivity contribution is 0.397. The summed E-state index contributed by atoms with van der Waals surface area (Å²) in [6, 6.07) is 3.76. The smallest absolute Gasteiger partial charge is 0.221 e. The summed E-state index contributed by atoms with van der Waals surface area (Å²) in [7, 11) is 1.59. The first kappa shape index (κ1) is 12.1. The number of aryl methyl sites for hydroxylation is 1. The molecule has 18 heavy (non-hydrogen) atoms. The molecule has 0 bridgehead atoms. The first-order chi connectivity index (χ1) is 8.69. The van der Waals surface area contributed by atoms with Gasteiger partial charge in [0.05, 0.1) is 7.11 Å². The number of nitrogens with two attached hydrogens (primary N) is 1. The Morgan fingerprint density at radius 1 is 1.28 bits per heavy atom. The van der Waals surface area contributed by atoms with E-state index in [9.17, 15) is 0 Å². The molecule has 0 aliphatic rings. The third-order valence-corrected chi connectivity index (χ3v) is 2.46. The first-order valence-corrected chi connectivity index (χ1v) is 5.51. The third-order valence-electron chi connectivity index (χ3n) is 2.46. The number of methoxy groups -OCH3 is 1. The average molecular weight is 245 g/mol. The van der Waals surface area contributed by atoms with Gasteiger partial charge in [0.1, 0.15) is 5.82 Å². The topological polar surface area (TPSA) is 86.0 Å². The summed E-state index contributed by atoms with van der Waals surface area (Å²) in [5.74, 6) is 1.59. The molecule has 3 N–H and O–H groups in total. The molecule has 0 aliphatic heterocycles. The Labute approximate surface area is 105 Å². The van der Waals surface area contributed by atoms with E-state index in [0.717, 1.165) is 16.9 Å². The Morgan fingerprint density at radius 3 is 2.78 bits per heavy atom. The van der Waals surface area contributed by atoms with Crippen LogP contribution >= 0.6 is 0 Å². The normalized spacial score (nSPS) is 10.1. The minimum atomic E-state index is 0.260. The van der Waals surface area contributed by atoms with Gasteiger partial charge < -0.3 is 15.8 Å². The largest absolute Gasteiger partial charge is 0.481 e. The zero-order chi connectivity index (χ0) is 13.0. The molecule has 0 amide bonds. The molecular formula is C12H15N5O. The van der Waals surface area contributed by atoms with Crippen LogP contribution in [-0.2, 0) is 6.54 Å². The van der Waals surface area contributed by atoms with E-state index in [0.29, 0.717) is 12.4 Å². The fraction of sp³-hybridized carbons (Fsp3) is 0.250. The van der Waals surface area contributed by atoms with E-state index < -0.39 is 0 Å². The lowest BCUT2D eigenvalue weighted by atomic mass is 10.2. The van der Waals surface area contributed by atoms with Crippen molar-refractivity contribution >= 4 is 11.8 Å². The third kappa shape index (κ3) is 2.85. The Kier molecular flexibility index (Phi) is 3.57. The molecule has 0 spiro atoms. The molecule has 0 radical (unpaired) electrons. The van der Waals surface area contributed by atoms with Crippen molar-refractivity contribution in [1.82, 2.24) is 15.0 Å². The first-order valence-electron chi connectivity index (χ1n) is 5.51. The van der Waals surface area contributed by atoms with Gasteiger partial charge in [0, 0.05) is 30.6 Å². The molecule has 0 saturated carbocycles.